The number of thioether (sulfide) groups is 1. The van der Waals surface area contributed by atoms with Crippen molar-refractivity contribution in [3.05, 3.63) is 57.3 Å². The van der Waals surface area contributed by atoms with Crippen LogP contribution in [0.15, 0.2) is 45.7 Å². The maximum Gasteiger partial charge on any atom is 0.257 e. The Kier molecular flexibility index (Phi) is 3.72. The van der Waals surface area contributed by atoms with Gasteiger partial charge in [-0.1, -0.05) is 11.8 Å². The van der Waals surface area contributed by atoms with Gasteiger partial charge in [-0.15, -0.1) is 0 Å². The van der Waals surface area contributed by atoms with Gasteiger partial charge in [0.05, 0.1) is 5.56 Å². The number of hydrogen-bond donors (Lipinski definition) is 2. The molecule has 0 radical (unpaired) electrons. The van der Waals surface area contributed by atoms with Gasteiger partial charge in [0.25, 0.3) is 5.56 Å². The molecule has 0 unspecified atom stereocenters. The Morgan fingerprint density at radius 3 is 2.75 bits per heavy atom. The first kappa shape index (κ1) is 15.1. The summed E-state index contributed by atoms with van der Waals surface area (Å²) in [7, 11) is 0. The van der Waals surface area contributed by atoms with Gasteiger partial charge in [-0.2, -0.15) is 0 Å². The van der Waals surface area contributed by atoms with Gasteiger partial charge in [-0.3, -0.25) is 14.6 Å². The van der Waals surface area contributed by atoms with Crippen molar-refractivity contribution in [3.8, 4) is 0 Å². The van der Waals surface area contributed by atoms with E-state index in [2.05, 4.69) is 20.3 Å². The van der Waals surface area contributed by atoms with E-state index in [1.165, 1.54) is 11.8 Å². The summed E-state index contributed by atoms with van der Waals surface area (Å²) in [6.07, 6.45) is 7.37. The van der Waals surface area contributed by atoms with Gasteiger partial charge in [-0.25, -0.2) is 4.98 Å². The first-order valence-electron chi connectivity index (χ1n) is 7.80. The molecule has 1 atom stereocenters. The lowest BCUT2D eigenvalue weighted by molar-refractivity contribution is -0.116. The molecule has 0 saturated heterocycles. The molecule has 0 saturated carbocycles. The van der Waals surface area contributed by atoms with Crippen molar-refractivity contribution in [2.75, 3.05) is 11.6 Å². The minimum Gasteiger partial charge on any atom is -0.343 e. The van der Waals surface area contributed by atoms with Crippen molar-refractivity contribution in [2.24, 2.45) is 0 Å². The van der Waals surface area contributed by atoms with Crippen molar-refractivity contribution in [1.29, 1.82) is 0 Å². The summed E-state index contributed by atoms with van der Waals surface area (Å²) in [5.41, 5.74) is 2.78. The van der Waals surface area contributed by atoms with Crippen molar-refractivity contribution in [1.82, 2.24) is 15.0 Å². The number of carbonyl (C=O) groups excluding carboxylic acids is 1. The Labute approximate surface area is 142 Å². The van der Waals surface area contributed by atoms with Crippen LogP contribution in [0.25, 0.3) is 0 Å². The van der Waals surface area contributed by atoms with E-state index in [0.29, 0.717) is 28.5 Å². The van der Waals surface area contributed by atoms with Crippen LogP contribution in [0.3, 0.4) is 0 Å². The monoisotopic (exact) mass is 340 g/mol. The van der Waals surface area contributed by atoms with Gasteiger partial charge in [-0.05, 0) is 36.8 Å². The highest BCUT2D eigenvalue weighted by molar-refractivity contribution is 7.98. The first-order valence-corrected chi connectivity index (χ1v) is 9.03. The van der Waals surface area contributed by atoms with E-state index in [-0.39, 0.29) is 17.3 Å². The molecule has 1 aliphatic carbocycles. The lowest BCUT2D eigenvalue weighted by Crippen LogP contribution is -2.32. The number of ketones is 1. The van der Waals surface area contributed by atoms with Crippen LogP contribution < -0.4 is 10.9 Å². The van der Waals surface area contributed by atoms with Gasteiger partial charge in [0.15, 0.2) is 10.9 Å². The number of allylic oxidation sites excluding steroid dienone is 2. The average molecular weight is 340 g/mol. The zero-order valence-electron chi connectivity index (χ0n) is 13.1. The Morgan fingerprint density at radius 1 is 1.21 bits per heavy atom. The molecule has 3 heterocycles. The normalized spacial score (nSPS) is 19.5. The number of anilines is 1. The molecule has 24 heavy (non-hydrogen) atoms. The van der Waals surface area contributed by atoms with Gasteiger partial charge < -0.3 is 10.3 Å². The molecule has 1 aliphatic heterocycles. The summed E-state index contributed by atoms with van der Waals surface area (Å²) < 4.78 is 0. The number of Topliss-reactive ketones (excluding diaryl/α,β-unsaturated/α-hetero) is 1. The largest absolute Gasteiger partial charge is 0.343 e. The Hall–Kier alpha value is -2.41. The van der Waals surface area contributed by atoms with E-state index >= 15 is 0 Å². The number of carbonyl (C=O) groups is 1. The van der Waals surface area contributed by atoms with E-state index < -0.39 is 0 Å². The van der Waals surface area contributed by atoms with Crippen molar-refractivity contribution in [2.45, 2.75) is 30.3 Å². The lowest BCUT2D eigenvalue weighted by Gasteiger charge is -2.32. The molecule has 2 aliphatic rings. The molecule has 2 N–H and O–H groups in total. The first-order chi connectivity index (χ1) is 11.7. The molecule has 7 heteroatoms. The van der Waals surface area contributed by atoms with Crippen molar-refractivity contribution >= 4 is 23.4 Å². The summed E-state index contributed by atoms with van der Waals surface area (Å²) in [5.74, 6) is 0.266. The predicted octanol–water partition coefficient (Wildman–Crippen LogP) is 2.45. The van der Waals surface area contributed by atoms with Gasteiger partial charge >= 0.3 is 0 Å². The third-order valence-corrected chi connectivity index (χ3v) is 5.05. The maximum atomic E-state index is 12.7. The molecule has 4 rings (SSSR count). The number of nitrogens with one attached hydrogen (secondary N) is 2. The number of aromatic nitrogens is 3. The van der Waals surface area contributed by atoms with Crippen LogP contribution in [0.1, 0.15) is 36.3 Å². The van der Waals surface area contributed by atoms with Crippen LogP contribution in [0, 0.1) is 0 Å². The minimum atomic E-state index is -0.390. The molecule has 0 fully saturated rings. The standard InChI is InChI=1S/C17H16N4O2S/c1-24-17-20-15-14(16(23)21-17)12(9-5-7-18-8-6-9)13-10(19-15)3-2-4-11(13)22/h5-8,12H,2-4H2,1H3,(H2,19,20,21,23)/t12-/m0/s1. The topological polar surface area (TPSA) is 87.7 Å². The number of H-pyrrole nitrogens is 1. The quantitative estimate of drug-likeness (QED) is 0.645. The number of fused-ring (bicyclic) bond motifs is 1. The van der Waals surface area contributed by atoms with E-state index in [1.807, 2.05) is 18.4 Å². The SMILES string of the molecule is CSc1nc2c(c(=O)[nH]1)[C@@H](c1ccncc1)C1=C(CCCC1=O)N2. The maximum absolute atomic E-state index is 12.7. The highest BCUT2D eigenvalue weighted by atomic mass is 32.2. The van der Waals surface area contributed by atoms with Crippen LogP contribution in [-0.2, 0) is 4.79 Å². The van der Waals surface area contributed by atoms with Crippen LogP contribution in [0.2, 0.25) is 0 Å². The average Bonchev–Trinajstić information content (AvgIpc) is 2.60. The fourth-order valence-corrected chi connectivity index (χ4v) is 3.80. The van der Waals surface area contributed by atoms with Crippen LogP contribution in [0.5, 0.6) is 0 Å². The van der Waals surface area contributed by atoms with Gasteiger partial charge in [0.2, 0.25) is 0 Å². The second kappa shape index (κ2) is 5.90. The van der Waals surface area contributed by atoms with Gasteiger partial charge in [0.1, 0.15) is 5.82 Å². The molecule has 0 spiro atoms. The second-order valence-corrected chi connectivity index (χ2v) is 6.64. The second-order valence-electron chi connectivity index (χ2n) is 5.85. The summed E-state index contributed by atoms with van der Waals surface area (Å²) in [6, 6.07) is 3.71. The van der Waals surface area contributed by atoms with Crippen LogP contribution in [-0.4, -0.2) is 27.0 Å². The van der Waals surface area contributed by atoms with E-state index in [4.69, 9.17) is 0 Å². The molecule has 2 aromatic heterocycles. The summed E-state index contributed by atoms with van der Waals surface area (Å²) in [4.78, 5) is 36.7. The van der Waals surface area contributed by atoms with Crippen molar-refractivity contribution in [3.63, 3.8) is 0 Å². The molecular weight excluding hydrogens is 324 g/mol. The van der Waals surface area contributed by atoms with E-state index in [9.17, 15) is 9.59 Å². The molecule has 122 valence electrons. The van der Waals surface area contributed by atoms with Crippen LogP contribution in [0.4, 0.5) is 5.82 Å². The third kappa shape index (κ3) is 2.36. The third-order valence-electron chi connectivity index (χ3n) is 4.47. The summed E-state index contributed by atoms with van der Waals surface area (Å²) in [5, 5.41) is 3.80. The Morgan fingerprint density at radius 2 is 2.00 bits per heavy atom. The number of hydrogen-bond acceptors (Lipinski definition) is 6. The predicted molar refractivity (Wildman–Crippen MR) is 92.2 cm³/mol. The summed E-state index contributed by atoms with van der Waals surface area (Å²) in [6.45, 7) is 0. The zero-order chi connectivity index (χ0) is 16.7. The number of nitrogens with zero attached hydrogens (tertiary/aromatic N) is 2. The lowest BCUT2D eigenvalue weighted by atomic mass is 9.77. The molecule has 6 nitrogen and oxygen atoms in total. The molecule has 0 amide bonds. The van der Waals surface area contributed by atoms with E-state index in [1.54, 1.807) is 12.4 Å². The number of aromatic amines is 1. The minimum absolute atomic E-state index is 0.101. The highest BCUT2D eigenvalue weighted by Gasteiger charge is 2.37. The molecular formula is C17H16N4O2S. The zero-order valence-corrected chi connectivity index (χ0v) is 13.9. The molecule has 0 bridgehead atoms. The summed E-state index contributed by atoms with van der Waals surface area (Å²) >= 11 is 1.38. The van der Waals surface area contributed by atoms with E-state index in [0.717, 1.165) is 24.1 Å². The number of rotatable bonds is 2. The Bertz CT molecular complexity index is 905. The van der Waals surface area contributed by atoms with Crippen molar-refractivity contribution < 1.29 is 4.79 Å². The number of pyridine rings is 1. The molecule has 2 aromatic rings. The van der Waals surface area contributed by atoms with Gasteiger partial charge in [0, 0.05) is 36.0 Å². The van der Waals surface area contributed by atoms with Crippen LogP contribution >= 0.6 is 11.8 Å². The smallest absolute Gasteiger partial charge is 0.257 e. The fraction of sp³-hybridized carbons (Fsp3) is 0.294. The fourth-order valence-electron chi connectivity index (χ4n) is 3.43. The Balaban J connectivity index is 1.99. The molecule has 0 aromatic carbocycles. The highest BCUT2D eigenvalue weighted by Crippen LogP contribution is 2.43.